The highest BCUT2D eigenvalue weighted by Gasteiger charge is 2.09. The molecule has 0 radical (unpaired) electrons. The highest BCUT2D eigenvalue weighted by Crippen LogP contribution is 2.19. The third kappa shape index (κ3) is 4.75. The van der Waals surface area contributed by atoms with Crippen molar-refractivity contribution in [2.75, 3.05) is 13.2 Å². The Morgan fingerprint density at radius 2 is 2.12 bits per heavy atom. The van der Waals surface area contributed by atoms with Crippen molar-refractivity contribution in [1.82, 2.24) is 5.32 Å². The second-order valence-electron chi connectivity index (χ2n) is 4.31. The summed E-state index contributed by atoms with van der Waals surface area (Å²) in [6, 6.07) is 8.70. The molecule has 0 aliphatic carbocycles. The Labute approximate surface area is 104 Å². The molecule has 0 saturated carbocycles. The van der Waals surface area contributed by atoms with Crippen LogP contribution in [-0.2, 0) is 0 Å². The molecule has 1 aromatic rings. The maximum absolute atomic E-state index is 8.87. The van der Waals surface area contributed by atoms with E-state index in [1.54, 1.807) is 0 Å². The number of nitrogens with one attached hydrogen (secondary N) is 1. The van der Waals surface area contributed by atoms with Gasteiger partial charge in [-0.05, 0) is 44.9 Å². The van der Waals surface area contributed by atoms with Gasteiger partial charge in [0.05, 0.1) is 6.61 Å². The van der Waals surface area contributed by atoms with E-state index in [0.717, 1.165) is 12.2 Å². The average molecular weight is 237 g/mol. The minimum atomic E-state index is 0.222. The first-order valence-corrected chi connectivity index (χ1v) is 6.27. The van der Waals surface area contributed by atoms with Gasteiger partial charge in [0.2, 0.25) is 0 Å². The fraction of sp³-hybridized carbons (Fsp3) is 0.571. The molecular formula is C14H23NO2. The summed E-state index contributed by atoms with van der Waals surface area (Å²) in [5.41, 5.74) is 1.21. The summed E-state index contributed by atoms with van der Waals surface area (Å²) >= 11 is 0. The number of aliphatic hydroxyl groups excluding tert-OH is 1. The third-order valence-corrected chi connectivity index (χ3v) is 2.77. The normalized spacial score (nSPS) is 14.4. The first-order chi connectivity index (χ1) is 8.17. The fourth-order valence-corrected chi connectivity index (χ4v) is 1.84. The Balaban J connectivity index is 2.61. The van der Waals surface area contributed by atoms with Crippen molar-refractivity contribution in [3.63, 3.8) is 0 Å². The van der Waals surface area contributed by atoms with E-state index in [1.807, 2.05) is 19.1 Å². The number of benzene rings is 1. The maximum atomic E-state index is 8.87. The molecule has 0 aliphatic heterocycles. The highest BCUT2D eigenvalue weighted by molar-refractivity contribution is 5.30. The summed E-state index contributed by atoms with van der Waals surface area (Å²) in [7, 11) is 0. The Morgan fingerprint density at radius 3 is 2.76 bits per heavy atom. The van der Waals surface area contributed by atoms with Gasteiger partial charge < -0.3 is 15.2 Å². The fourth-order valence-electron chi connectivity index (χ4n) is 1.84. The maximum Gasteiger partial charge on any atom is 0.119 e. The Bertz CT molecular complexity index is 328. The number of ether oxygens (including phenoxy) is 1. The lowest BCUT2D eigenvalue weighted by atomic mass is 10.1. The Hall–Kier alpha value is -1.06. The standard InChI is InChI=1S/C14H23NO2/c1-4-17-14-7-5-6-13(10-14)12(3)15-11(2)8-9-16/h5-7,10-12,15-16H,4,8-9H2,1-3H3. The van der Waals surface area contributed by atoms with Gasteiger partial charge >= 0.3 is 0 Å². The van der Waals surface area contributed by atoms with Gasteiger partial charge in [0.25, 0.3) is 0 Å². The van der Waals surface area contributed by atoms with Crippen LogP contribution in [0.2, 0.25) is 0 Å². The van der Waals surface area contributed by atoms with Crippen LogP contribution in [-0.4, -0.2) is 24.4 Å². The van der Waals surface area contributed by atoms with E-state index >= 15 is 0 Å². The van der Waals surface area contributed by atoms with E-state index in [4.69, 9.17) is 9.84 Å². The van der Waals surface area contributed by atoms with Gasteiger partial charge in [0, 0.05) is 18.7 Å². The number of aliphatic hydroxyl groups is 1. The molecule has 1 aromatic carbocycles. The Morgan fingerprint density at radius 1 is 1.35 bits per heavy atom. The first kappa shape index (κ1) is 14.0. The molecule has 0 fully saturated rings. The van der Waals surface area contributed by atoms with Gasteiger partial charge in [-0.2, -0.15) is 0 Å². The van der Waals surface area contributed by atoms with Crippen LogP contribution in [0.4, 0.5) is 0 Å². The molecule has 0 spiro atoms. The Kier molecular flexibility index (Phi) is 6.01. The highest BCUT2D eigenvalue weighted by atomic mass is 16.5. The number of hydrogen-bond acceptors (Lipinski definition) is 3. The van der Waals surface area contributed by atoms with Crippen LogP contribution in [0.5, 0.6) is 5.75 Å². The van der Waals surface area contributed by atoms with Crippen LogP contribution in [0.1, 0.15) is 38.8 Å². The lowest BCUT2D eigenvalue weighted by Gasteiger charge is -2.20. The zero-order valence-corrected chi connectivity index (χ0v) is 10.9. The summed E-state index contributed by atoms with van der Waals surface area (Å²) in [5.74, 6) is 0.911. The van der Waals surface area contributed by atoms with Crippen LogP contribution in [0.25, 0.3) is 0 Å². The molecule has 2 N–H and O–H groups in total. The monoisotopic (exact) mass is 237 g/mol. The predicted octanol–water partition coefficient (Wildman–Crippen LogP) is 2.51. The molecule has 96 valence electrons. The molecule has 0 heterocycles. The minimum absolute atomic E-state index is 0.222. The van der Waals surface area contributed by atoms with Gasteiger partial charge in [-0.3, -0.25) is 0 Å². The SMILES string of the molecule is CCOc1cccc(C(C)NC(C)CCO)c1. The molecule has 1 rings (SSSR count). The van der Waals surface area contributed by atoms with Crippen LogP contribution in [0.15, 0.2) is 24.3 Å². The van der Waals surface area contributed by atoms with Crippen molar-refractivity contribution in [3.8, 4) is 5.75 Å². The largest absolute Gasteiger partial charge is 0.494 e. The summed E-state index contributed by atoms with van der Waals surface area (Å²) < 4.78 is 5.48. The van der Waals surface area contributed by atoms with Crippen molar-refractivity contribution < 1.29 is 9.84 Å². The van der Waals surface area contributed by atoms with Crippen LogP contribution < -0.4 is 10.1 Å². The quantitative estimate of drug-likeness (QED) is 0.765. The minimum Gasteiger partial charge on any atom is -0.494 e. The first-order valence-electron chi connectivity index (χ1n) is 6.27. The molecule has 2 unspecified atom stereocenters. The average Bonchev–Trinajstić information content (AvgIpc) is 2.30. The van der Waals surface area contributed by atoms with Crippen molar-refractivity contribution in [3.05, 3.63) is 29.8 Å². The second kappa shape index (κ2) is 7.30. The van der Waals surface area contributed by atoms with E-state index in [0.29, 0.717) is 12.6 Å². The zero-order valence-electron chi connectivity index (χ0n) is 10.9. The lowest BCUT2D eigenvalue weighted by Crippen LogP contribution is -2.29. The molecular weight excluding hydrogens is 214 g/mol. The molecule has 0 saturated heterocycles. The van der Waals surface area contributed by atoms with E-state index in [1.165, 1.54) is 5.56 Å². The van der Waals surface area contributed by atoms with E-state index < -0.39 is 0 Å². The van der Waals surface area contributed by atoms with Gasteiger partial charge in [0.1, 0.15) is 5.75 Å². The molecule has 0 amide bonds. The van der Waals surface area contributed by atoms with E-state index in [-0.39, 0.29) is 12.6 Å². The molecule has 0 bridgehead atoms. The van der Waals surface area contributed by atoms with E-state index in [9.17, 15) is 0 Å². The van der Waals surface area contributed by atoms with Crippen LogP contribution in [0.3, 0.4) is 0 Å². The van der Waals surface area contributed by atoms with Gasteiger partial charge in [-0.15, -0.1) is 0 Å². The van der Waals surface area contributed by atoms with Crippen molar-refractivity contribution in [1.29, 1.82) is 0 Å². The van der Waals surface area contributed by atoms with Crippen molar-refractivity contribution in [2.45, 2.75) is 39.3 Å². The van der Waals surface area contributed by atoms with Crippen molar-refractivity contribution >= 4 is 0 Å². The number of rotatable bonds is 7. The van der Waals surface area contributed by atoms with E-state index in [2.05, 4.69) is 31.3 Å². The topological polar surface area (TPSA) is 41.5 Å². The van der Waals surface area contributed by atoms with Crippen molar-refractivity contribution in [2.24, 2.45) is 0 Å². The van der Waals surface area contributed by atoms with Gasteiger partial charge in [-0.1, -0.05) is 12.1 Å². The van der Waals surface area contributed by atoms with Crippen LogP contribution in [0, 0.1) is 0 Å². The molecule has 2 atom stereocenters. The molecule has 0 aliphatic rings. The molecule has 0 aromatic heterocycles. The van der Waals surface area contributed by atoms with Gasteiger partial charge in [-0.25, -0.2) is 0 Å². The summed E-state index contributed by atoms with van der Waals surface area (Å²) in [4.78, 5) is 0. The number of hydrogen-bond donors (Lipinski definition) is 2. The molecule has 17 heavy (non-hydrogen) atoms. The smallest absolute Gasteiger partial charge is 0.119 e. The summed E-state index contributed by atoms with van der Waals surface area (Å²) in [6.45, 7) is 7.10. The van der Waals surface area contributed by atoms with Crippen LogP contribution >= 0.6 is 0 Å². The lowest BCUT2D eigenvalue weighted by molar-refractivity contribution is 0.264. The second-order valence-corrected chi connectivity index (χ2v) is 4.31. The summed E-state index contributed by atoms with van der Waals surface area (Å²) in [5, 5.41) is 12.3. The summed E-state index contributed by atoms with van der Waals surface area (Å²) in [6.07, 6.45) is 0.773. The third-order valence-electron chi connectivity index (χ3n) is 2.77. The zero-order chi connectivity index (χ0) is 12.7. The molecule has 3 nitrogen and oxygen atoms in total. The van der Waals surface area contributed by atoms with Gasteiger partial charge in [0.15, 0.2) is 0 Å². The predicted molar refractivity (Wildman–Crippen MR) is 70.3 cm³/mol. The molecule has 3 heteroatoms.